The third-order valence-corrected chi connectivity index (χ3v) is 2.35. The van der Waals surface area contributed by atoms with Crippen LogP contribution in [0.3, 0.4) is 0 Å². The zero-order chi connectivity index (χ0) is 13.4. The third-order valence-electron chi connectivity index (χ3n) is 2.35. The summed E-state index contributed by atoms with van der Waals surface area (Å²) in [6, 6.07) is -0.235. The molecule has 0 bridgehead atoms. The summed E-state index contributed by atoms with van der Waals surface area (Å²) in [5, 5.41) is 11.4. The van der Waals surface area contributed by atoms with Crippen molar-refractivity contribution in [2.75, 3.05) is 13.6 Å². The molecule has 0 aromatic rings. The Kier molecular flexibility index (Phi) is 5.43. The van der Waals surface area contributed by atoms with Crippen molar-refractivity contribution < 1.29 is 0 Å². The Morgan fingerprint density at radius 1 is 1.78 bits per heavy atom. The summed E-state index contributed by atoms with van der Waals surface area (Å²) in [5.41, 5.74) is 16.1. The van der Waals surface area contributed by atoms with Gasteiger partial charge in [0.15, 0.2) is 0 Å². The van der Waals surface area contributed by atoms with Crippen LogP contribution in [0.25, 0.3) is 10.4 Å². The Labute approximate surface area is 106 Å². The summed E-state index contributed by atoms with van der Waals surface area (Å²) < 4.78 is 0. The number of likely N-dealkylation sites (N-methyl/N-ethyl adjacent to an activating group) is 1. The van der Waals surface area contributed by atoms with Gasteiger partial charge in [-0.15, -0.1) is 5.53 Å². The molecule has 1 unspecified atom stereocenters. The largest absolute Gasteiger partial charge is 0.389 e. The SMILES string of the molecule is C=CN/C=C(/CN1C=C(C(C)N=[N+]=[N-])NN1)NC. The van der Waals surface area contributed by atoms with Gasteiger partial charge in [0.05, 0.1) is 18.3 Å². The van der Waals surface area contributed by atoms with Crippen molar-refractivity contribution in [3.8, 4) is 0 Å². The predicted octanol–water partition coefficient (Wildman–Crippen LogP) is 0.645. The molecule has 1 rings (SSSR count). The molecule has 0 saturated heterocycles. The van der Waals surface area contributed by atoms with Crippen LogP contribution in [0.15, 0.2) is 41.7 Å². The number of hydrogen-bond acceptors (Lipinski definition) is 6. The van der Waals surface area contributed by atoms with E-state index in [0.717, 1.165) is 11.4 Å². The zero-order valence-corrected chi connectivity index (χ0v) is 10.5. The molecule has 0 aliphatic carbocycles. The first-order valence-corrected chi connectivity index (χ1v) is 5.49. The molecule has 98 valence electrons. The molecule has 8 nitrogen and oxygen atoms in total. The lowest BCUT2D eigenvalue weighted by molar-refractivity contribution is 0.286. The van der Waals surface area contributed by atoms with E-state index in [1.54, 1.807) is 6.20 Å². The smallest absolute Gasteiger partial charge is 0.0773 e. The van der Waals surface area contributed by atoms with E-state index in [4.69, 9.17) is 5.53 Å². The van der Waals surface area contributed by atoms with Gasteiger partial charge in [0.25, 0.3) is 0 Å². The topological polar surface area (TPSA) is 100 Å². The van der Waals surface area contributed by atoms with Crippen LogP contribution in [0, 0.1) is 0 Å². The highest BCUT2D eigenvalue weighted by molar-refractivity contribution is 5.12. The number of rotatable bonds is 7. The van der Waals surface area contributed by atoms with Gasteiger partial charge in [-0.25, -0.2) is 0 Å². The minimum absolute atomic E-state index is 0.235. The van der Waals surface area contributed by atoms with Crippen LogP contribution in [0.5, 0.6) is 0 Å². The fourth-order valence-electron chi connectivity index (χ4n) is 1.35. The molecule has 8 heteroatoms. The lowest BCUT2D eigenvalue weighted by atomic mass is 10.3. The van der Waals surface area contributed by atoms with Gasteiger partial charge in [-0.3, -0.25) is 5.01 Å². The van der Waals surface area contributed by atoms with Gasteiger partial charge in [0.2, 0.25) is 0 Å². The van der Waals surface area contributed by atoms with Gasteiger partial charge in [-0.05, 0) is 11.7 Å². The maximum Gasteiger partial charge on any atom is 0.0773 e. The highest BCUT2D eigenvalue weighted by atomic mass is 15.7. The summed E-state index contributed by atoms with van der Waals surface area (Å²) in [7, 11) is 1.84. The summed E-state index contributed by atoms with van der Waals surface area (Å²) in [5.74, 6) is 0. The van der Waals surface area contributed by atoms with E-state index < -0.39 is 0 Å². The van der Waals surface area contributed by atoms with Crippen LogP contribution in [0.4, 0.5) is 0 Å². The Morgan fingerprint density at radius 3 is 3.17 bits per heavy atom. The predicted molar refractivity (Wildman–Crippen MR) is 70.1 cm³/mol. The first-order valence-electron chi connectivity index (χ1n) is 5.49. The number of nitrogens with one attached hydrogen (secondary N) is 4. The fourth-order valence-corrected chi connectivity index (χ4v) is 1.35. The van der Waals surface area contributed by atoms with Gasteiger partial charge in [0.1, 0.15) is 0 Å². The van der Waals surface area contributed by atoms with Crippen molar-refractivity contribution >= 4 is 0 Å². The Bertz CT molecular complexity index is 393. The van der Waals surface area contributed by atoms with Crippen LogP contribution >= 0.6 is 0 Å². The second-order valence-electron chi connectivity index (χ2n) is 3.62. The van der Waals surface area contributed by atoms with Gasteiger partial charge in [0, 0.05) is 30.1 Å². The molecule has 1 atom stereocenters. The van der Waals surface area contributed by atoms with E-state index in [0.29, 0.717) is 6.54 Å². The first kappa shape index (κ1) is 13.8. The molecule has 1 heterocycles. The van der Waals surface area contributed by atoms with E-state index in [9.17, 15) is 0 Å². The quantitative estimate of drug-likeness (QED) is 0.302. The highest BCUT2D eigenvalue weighted by Gasteiger charge is 2.16. The summed E-state index contributed by atoms with van der Waals surface area (Å²) in [4.78, 5) is 2.78. The maximum atomic E-state index is 8.38. The van der Waals surface area contributed by atoms with Crippen LogP contribution in [0.2, 0.25) is 0 Å². The number of hydrazine groups is 2. The molecule has 0 aromatic heterocycles. The minimum Gasteiger partial charge on any atom is -0.389 e. The molecule has 0 fully saturated rings. The van der Waals surface area contributed by atoms with E-state index >= 15 is 0 Å². The Morgan fingerprint density at radius 2 is 2.56 bits per heavy atom. The third kappa shape index (κ3) is 3.93. The molecular weight excluding hydrogens is 232 g/mol. The lowest BCUT2D eigenvalue weighted by Crippen LogP contribution is -2.39. The van der Waals surface area contributed by atoms with E-state index in [1.807, 2.05) is 31.4 Å². The van der Waals surface area contributed by atoms with Crippen LogP contribution in [-0.4, -0.2) is 24.6 Å². The first-order chi connectivity index (χ1) is 8.71. The molecule has 0 saturated carbocycles. The van der Waals surface area contributed by atoms with Crippen LogP contribution in [-0.2, 0) is 0 Å². The molecule has 4 N–H and O–H groups in total. The molecule has 0 amide bonds. The van der Waals surface area contributed by atoms with Gasteiger partial charge < -0.3 is 16.1 Å². The minimum atomic E-state index is -0.235. The number of azide groups is 1. The van der Waals surface area contributed by atoms with Crippen molar-refractivity contribution in [3.63, 3.8) is 0 Å². The maximum absolute atomic E-state index is 8.38. The molecule has 0 radical (unpaired) electrons. The number of hydrogen-bond donors (Lipinski definition) is 4. The zero-order valence-electron chi connectivity index (χ0n) is 10.5. The average Bonchev–Trinajstić information content (AvgIpc) is 2.83. The molecule has 1 aliphatic rings. The van der Waals surface area contributed by atoms with Crippen molar-refractivity contribution in [2.45, 2.75) is 13.0 Å². The second-order valence-corrected chi connectivity index (χ2v) is 3.62. The fraction of sp³-hybridized carbons (Fsp3) is 0.400. The van der Waals surface area contributed by atoms with Crippen LogP contribution in [0.1, 0.15) is 6.92 Å². The molecule has 1 aliphatic heterocycles. The molecule has 0 aromatic carbocycles. The summed E-state index contributed by atoms with van der Waals surface area (Å²) in [6.45, 7) is 6.01. The average molecular weight is 250 g/mol. The molecule has 0 spiro atoms. The van der Waals surface area contributed by atoms with Crippen molar-refractivity contribution in [2.24, 2.45) is 5.11 Å². The van der Waals surface area contributed by atoms with E-state index in [-0.39, 0.29) is 6.04 Å². The van der Waals surface area contributed by atoms with E-state index in [1.165, 1.54) is 0 Å². The standard InChI is InChI=1S/C10H18N8/c1-4-13-5-9(12-3)6-18-7-10(15-17-18)8(2)14-16-11/h4-5,7-8,12-13,15,17H,1,6H2,2-3H3/b9-5-. The van der Waals surface area contributed by atoms with Crippen molar-refractivity contribution in [1.29, 1.82) is 0 Å². The normalized spacial score (nSPS) is 16.2. The highest BCUT2D eigenvalue weighted by Crippen LogP contribution is 2.08. The van der Waals surface area contributed by atoms with Gasteiger partial charge in [-0.1, -0.05) is 18.6 Å². The van der Waals surface area contributed by atoms with Crippen molar-refractivity contribution in [3.05, 3.63) is 47.0 Å². The molecular formula is C10H18N8. The van der Waals surface area contributed by atoms with Gasteiger partial charge >= 0.3 is 0 Å². The molecule has 18 heavy (non-hydrogen) atoms. The lowest BCUT2D eigenvalue weighted by Gasteiger charge is -2.17. The Hall–Kier alpha value is -2.31. The Balaban J connectivity index is 2.59. The van der Waals surface area contributed by atoms with Gasteiger partial charge in [-0.2, -0.15) is 0 Å². The number of nitrogens with zero attached hydrogens (tertiary/aromatic N) is 4. The van der Waals surface area contributed by atoms with Crippen LogP contribution < -0.4 is 21.6 Å². The van der Waals surface area contributed by atoms with Crippen molar-refractivity contribution in [1.82, 2.24) is 26.6 Å². The van der Waals surface area contributed by atoms with E-state index in [2.05, 4.69) is 38.2 Å². The second kappa shape index (κ2) is 7.10. The monoisotopic (exact) mass is 250 g/mol. The summed E-state index contributed by atoms with van der Waals surface area (Å²) in [6.07, 6.45) is 5.27. The summed E-state index contributed by atoms with van der Waals surface area (Å²) >= 11 is 0.